The molecule has 0 bridgehead atoms. The third-order valence-electron chi connectivity index (χ3n) is 5.11. The third kappa shape index (κ3) is 2.27. The Balaban J connectivity index is 2.07. The topological polar surface area (TPSA) is 54.4 Å². The fourth-order valence-corrected chi connectivity index (χ4v) is 3.85. The Morgan fingerprint density at radius 2 is 2.00 bits per heavy atom. The van der Waals surface area contributed by atoms with Crippen molar-refractivity contribution >= 4 is 11.0 Å². The van der Waals surface area contributed by atoms with E-state index in [1.54, 1.807) is 0 Å². The lowest BCUT2D eigenvalue weighted by Gasteiger charge is -2.41. The zero-order valence-electron chi connectivity index (χ0n) is 13.1. The van der Waals surface area contributed by atoms with Crippen molar-refractivity contribution in [1.82, 2.24) is 10.3 Å². The van der Waals surface area contributed by atoms with Crippen LogP contribution in [0.15, 0.2) is 28.7 Å². The summed E-state index contributed by atoms with van der Waals surface area (Å²) in [4.78, 5) is 2.31. The molecule has 1 fully saturated rings. The largest absolute Gasteiger partial charge is 0.459 e. The van der Waals surface area contributed by atoms with Crippen LogP contribution < -0.4 is 11.3 Å². The molecule has 1 unspecified atom stereocenters. The third-order valence-corrected chi connectivity index (χ3v) is 5.11. The predicted molar refractivity (Wildman–Crippen MR) is 85.9 cm³/mol. The molecule has 1 aromatic heterocycles. The maximum absolute atomic E-state index is 6.17. The number of hydrogen-bond acceptors (Lipinski definition) is 4. The van der Waals surface area contributed by atoms with E-state index in [0.717, 1.165) is 29.6 Å². The first-order valence-corrected chi connectivity index (χ1v) is 7.71. The molecular formula is C17H25N3O. The summed E-state index contributed by atoms with van der Waals surface area (Å²) >= 11 is 0. The standard InChI is InChI=1S/C17H25N3O/c1-12-7-6-8-13-11-14(21-15(12)13)16(19-18)17(20(2)3)9-4-5-10-17/h6-8,11,16,19H,4-5,9-10,18H2,1-3H3. The Bertz CT molecular complexity index is 626. The van der Waals surface area contributed by atoms with Crippen LogP contribution in [0.25, 0.3) is 11.0 Å². The number of fused-ring (bicyclic) bond motifs is 1. The second-order valence-electron chi connectivity index (χ2n) is 6.45. The van der Waals surface area contributed by atoms with Gasteiger partial charge in [-0.25, -0.2) is 5.43 Å². The highest BCUT2D eigenvalue weighted by Crippen LogP contribution is 2.44. The molecule has 1 aromatic carbocycles. The van der Waals surface area contributed by atoms with Gasteiger partial charge in [0.15, 0.2) is 0 Å². The van der Waals surface area contributed by atoms with Gasteiger partial charge >= 0.3 is 0 Å². The Morgan fingerprint density at radius 1 is 1.29 bits per heavy atom. The molecule has 114 valence electrons. The van der Waals surface area contributed by atoms with Crippen LogP contribution in [0.5, 0.6) is 0 Å². The van der Waals surface area contributed by atoms with Gasteiger partial charge in [-0.05, 0) is 45.5 Å². The Hall–Kier alpha value is -1.36. The summed E-state index contributed by atoms with van der Waals surface area (Å²) in [6, 6.07) is 8.40. The van der Waals surface area contributed by atoms with Gasteiger partial charge in [0.25, 0.3) is 0 Å². The van der Waals surface area contributed by atoms with Crippen LogP contribution in [-0.2, 0) is 0 Å². The van der Waals surface area contributed by atoms with E-state index in [1.165, 1.54) is 18.4 Å². The smallest absolute Gasteiger partial charge is 0.137 e. The molecule has 0 spiro atoms. The van der Waals surface area contributed by atoms with Gasteiger partial charge < -0.3 is 9.32 Å². The fourth-order valence-electron chi connectivity index (χ4n) is 3.85. The molecule has 0 radical (unpaired) electrons. The summed E-state index contributed by atoms with van der Waals surface area (Å²) in [5.41, 5.74) is 5.20. The van der Waals surface area contributed by atoms with Gasteiger partial charge in [-0.3, -0.25) is 5.84 Å². The molecule has 1 heterocycles. The van der Waals surface area contributed by atoms with E-state index in [1.807, 2.05) is 0 Å². The van der Waals surface area contributed by atoms with Gasteiger partial charge in [0.05, 0.1) is 6.04 Å². The number of furan rings is 1. The normalized spacial score (nSPS) is 19.5. The molecule has 4 nitrogen and oxygen atoms in total. The summed E-state index contributed by atoms with van der Waals surface area (Å²) in [6.07, 6.45) is 4.78. The van der Waals surface area contributed by atoms with Crippen LogP contribution in [0.2, 0.25) is 0 Å². The molecular weight excluding hydrogens is 262 g/mol. The average Bonchev–Trinajstić information content (AvgIpc) is 3.08. The Morgan fingerprint density at radius 3 is 2.57 bits per heavy atom. The summed E-state index contributed by atoms with van der Waals surface area (Å²) in [6.45, 7) is 2.08. The first-order valence-electron chi connectivity index (χ1n) is 7.71. The van der Waals surface area contributed by atoms with E-state index in [-0.39, 0.29) is 11.6 Å². The lowest BCUT2D eigenvalue weighted by Crippen LogP contribution is -2.53. The number of nitrogens with two attached hydrogens (primary N) is 1. The van der Waals surface area contributed by atoms with Gasteiger partial charge in [-0.2, -0.15) is 0 Å². The Labute approximate surface area is 126 Å². The summed E-state index contributed by atoms with van der Waals surface area (Å²) in [5, 5.41) is 1.15. The number of nitrogens with one attached hydrogen (secondary N) is 1. The van der Waals surface area contributed by atoms with Crippen molar-refractivity contribution in [3.8, 4) is 0 Å². The number of hydrazine groups is 1. The minimum atomic E-state index is 0.0156. The van der Waals surface area contributed by atoms with Crippen molar-refractivity contribution in [1.29, 1.82) is 0 Å². The van der Waals surface area contributed by atoms with Gasteiger partial charge in [0, 0.05) is 10.9 Å². The Kier molecular flexibility index (Phi) is 3.78. The number of hydrogen-bond donors (Lipinski definition) is 2. The minimum absolute atomic E-state index is 0.0156. The average molecular weight is 287 g/mol. The highest BCUT2D eigenvalue weighted by Gasteiger charge is 2.45. The first-order chi connectivity index (χ1) is 10.1. The maximum atomic E-state index is 6.17. The lowest BCUT2D eigenvalue weighted by atomic mass is 9.85. The summed E-state index contributed by atoms with van der Waals surface area (Å²) in [7, 11) is 4.28. The van der Waals surface area contributed by atoms with E-state index < -0.39 is 0 Å². The van der Waals surface area contributed by atoms with Gasteiger partial charge in [-0.15, -0.1) is 0 Å². The molecule has 0 saturated heterocycles. The van der Waals surface area contributed by atoms with E-state index in [0.29, 0.717) is 0 Å². The van der Waals surface area contributed by atoms with Gasteiger partial charge in [0.2, 0.25) is 0 Å². The van der Waals surface area contributed by atoms with Crippen molar-refractivity contribution < 1.29 is 4.42 Å². The second-order valence-corrected chi connectivity index (χ2v) is 6.45. The van der Waals surface area contributed by atoms with Crippen molar-refractivity contribution in [3.05, 3.63) is 35.6 Å². The molecule has 2 aromatic rings. The van der Waals surface area contributed by atoms with Crippen LogP contribution in [0.1, 0.15) is 43.0 Å². The van der Waals surface area contributed by atoms with Crippen molar-refractivity contribution in [2.45, 2.75) is 44.2 Å². The summed E-state index contributed by atoms with van der Waals surface area (Å²) < 4.78 is 6.17. The molecule has 1 saturated carbocycles. The molecule has 3 N–H and O–H groups in total. The number of rotatable bonds is 4. The SMILES string of the molecule is Cc1cccc2cc(C(NN)C3(N(C)C)CCCC3)oc12. The molecule has 1 atom stereocenters. The monoisotopic (exact) mass is 287 g/mol. The summed E-state index contributed by atoms with van der Waals surface area (Å²) in [5.74, 6) is 6.87. The van der Waals surface area contributed by atoms with E-state index >= 15 is 0 Å². The molecule has 21 heavy (non-hydrogen) atoms. The highest BCUT2D eigenvalue weighted by atomic mass is 16.3. The number of benzene rings is 1. The van der Waals surface area contributed by atoms with Crippen LogP contribution in [0.3, 0.4) is 0 Å². The zero-order chi connectivity index (χ0) is 15.0. The molecule has 0 aliphatic heterocycles. The van der Waals surface area contributed by atoms with E-state index in [2.05, 4.69) is 55.6 Å². The van der Waals surface area contributed by atoms with Crippen LogP contribution in [0, 0.1) is 6.92 Å². The first kappa shape index (κ1) is 14.6. The molecule has 4 heteroatoms. The van der Waals surface area contributed by atoms with Crippen LogP contribution >= 0.6 is 0 Å². The number of para-hydroxylation sites is 1. The number of likely N-dealkylation sites (N-methyl/N-ethyl adjacent to an activating group) is 1. The van der Waals surface area contributed by atoms with Crippen molar-refractivity contribution in [3.63, 3.8) is 0 Å². The van der Waals surface area contributed by atoms with Crippen molar-refractivity contribution in [2.75, 3.05) is 14.1 Å². The molecule has 3 rings (SSSR count). The molecule has 0 amide bonds. The van der Waals surface area contributed by atoms with Crippen molar-refractivity contribution in [2.24, 2.45) is 5.84 Å². The number of nitrogens with zero attached hydrogens (tertiary/aromatic N) is 1. The quantitative estimate of drug-likeness (QED) is 0.670. The molecule has 1 aliphatic rings. The fraction of sp³-hybridized carbons (Fsp3) is 0.529. The minimum Gasteiger partial charge on any atom is -0.459 e. The highest BCUT2D eigenvalue weighted by molar-refractivity contribution is 5.81. The predicted octanol–water partition coefficient (Wildman–Crippen LogP) is 3.12. The van der Waals surface area contributed by atoms with E-state index in [4.69, 9.17) is 10.3 Å². The zero-order valence-corrected chi connectivity index (χ0v) is 13.1. The molecule has 1 aliphatic carbocycles. The maximum Gasteiger partial charge on any atom is 0.137 e. The van der Waals surface area contributed by atoms with Crippen LogP contribution in [-0.4, -0.2) is 24.5 Å². The van der Waals surface area contributed by atoms with E-state index in [9.17, 15) is 0 Å². The lowest BCUT2D eigenvalue weighted by molar-refractivity contribution is 0.0943. The van der Waals surface area contributed by atoms with Gasteiger partial charge in [-0.1, -0.05) is 31.0 Å². The second kappa shape index (κ2) is 5.44. The number of aryl methyl sites for hydroxylation is 1. The van der Waals surface area contributed by atoms with Gasteiger partial charge in [0.1, 0.15) is 11.3 Å². The van der Waals surface area contributed by atoms with Crippen LogP contribution in [0.4, 0.5) is 0 Å².